The number of carbonyl (C=O) groups is 2. The first-order valence-corrected chi connectivity index (χ1v) is 12.5. The van der Waals surface area contributed by atoms with Crippen LogP contribution in [0, 0.1) is 23.8 Å². The molecule has 2 aliphatic heterocycles. The van der Waals surface area contributed by atoms with Crippen molar-refractivity contribution < 1.29 is 14.3 Å². The Kier molecular flexibility index (Phi) is 6.19. The predicted octanol–water partition coefficient (Wildman–Crippen LogP) is 3.82. The minimum absolute atomic E-state index is 0.0773. The number of nitrogens with zero attached hydrogens (tertiary/aromatic N) is 2. The second-order valence-corrected chi connectivity index (χ2v) is 11.0. The quantitative estimate of drug-likeness (QED) is 0.736. The van der Waals surface area contributed by atoms with E-state index in [1.807, 2.05) is 23.1 Å². The van der Waals surface area contributed by atoms with Crippen LogP contribution in [0.1, 0.15) is 71.6 Å². The lowest BCUT2D eigenvalue weighted by Gasteiger charge is -2.22. The first-order chi connectivity index (χ1) is 16.3. The van der Waals surface area contributed by atoms with Crippen LogP contribution >= 0.6 is 0 Å². The third-order valence-corrected chi connectivity index (χ3v) is 7.72. The van der Waals surface area contributed by atoms with Crippen LogP contribution < -0.4 is 5.32 Å². The van der Waals surface area contributed by atoms with Crippen molar-refractivity contribution >= 4 is 11.8 Å². The number of hydrogen-bond acceptors (Lipinski definition) is 4. The highest BCUT2D eigenvalue weighted by Crippen LogP contribution is 2.51. The van der Waals surface area contributed by atoms with Gasteiger partial charge >= 0.3 is 0 Å². The topological polar surface area (TPSA) is 71.5 Å². The van der Waals surface area contributed by atoms with Crippen molar-refractivity contribution in [1.82, 2.24) is 15.2 Å². The van der Waals surface area contributed by atoms with Gasteiger partial charge in [0.25, 0.3) is 11.8 Å². The van der Waals surface area contributed by atoms with Crippen LogP contribution in [0.2, 0.25) is 0 Å². The van der Waals surface area contributed by atoms with Gasteiger partial charge in [0.1, 0.15) is 5.69 Å². The molecule has 3 heterocycles. The number of piperidine rings is 1. The standard InChI is InChI=1S/C28H34N3O3/c1-28(2,3)20-9-7-19(8-10-20)27(33)31-16-22-21(23(22)17-31)15-29-26(32)25-6-4-5-24(30-25)18-11-13-34-14-12-18/h4-5,7-10,18,21-23H,11-17H2,1-3H3,(H,29,32). The van der Waals surface area contributed by atoms with E-state index in [4.69, 9.17) is 4.74 Å². The fraction of sp³-hybridized carbons (Fsp3) is 0.536. The van der Waals surface area contributed by atoms with Gasteiger partial charge in [0.15, 0.2) is 0 Å². The highest BCUT2D eigenvalue weighted by atomic mass is 16.5. The molecule has 3 fully saturated rings. The summed E-state index contributed by atoms with van der Waals surface area (Å²) >= 11 is 0. The first-order valence-electron chi connectivity index (χ1n) is 12.5. The first kappa shape index (κ1) is 23.0. The largest absolute Gasteiger partial charge is 0.381 e. The summed E-state index contributed by atoms with van der Waals surface area (Å²) in [7, 11) is 0. The minimum atomic E-state index is -0.161. The van der Waals surface area contributed by atoms with Crippen molar-refractivity contribution in [3.63, 3.8) is 0 Å². The van der Waals surface area contributed by atoms with Crippen LogP contribution in [-0.2, 0) is 10.2 Å². The SMILES string of the molecule is CC(C)(C)c1ccc(C(=O)N2CC3C(CNC(=O)c4[c]ccc(C5CCOCC5)n4)C3C2)cc1. The number of ether oxygens (including phenoxy) is 1. The maximum atomic E-state index is 12.9. The Labute approximate surface area is 202 Å². The summed E-state index contributed by atoms with van der Waals surface area (Å²) in [6, 6.07) is 14.8. The van der Waals surface area contributed by atoms with Crippen LogP contribution in [0.4, 0.5) is 0 Å². The van der Waals surface area contributed by atoms with Crippen molar-refractivity contribution in [3.05, 3.63) is 65.0 Å². The van der Waals surface area contributed by atoms with E-state index >= 15 is 0 Å². The number of hydrogen-bond donors (Lipinski definition) is 1. The molecule has 0 spiro atoms. The fourth-order valence-corrected chi connectivity index (χ4v) is 5.45. The highest BCUT2D eigenvalue weighted by Gasteiger charge is 2.56. The van der Waals surface area contributed by atoms with Gasteiger partial charge in [0, 0.05) is 56.1 Å². The summed E-state index contributed by atoms with van der Waals surface area (Å²) in [5.41, 5.74) is 3.39. The van der Waals surface area contributed by atoms with Crippen LogP contribution in [0.15, 0.2) is 36.4 Å². The number of aromatic nitrogens is 1. The van der Waals surface area contributed by atoms with E-state index in [0.717, 1.165) is 50.4 Å². The number of amides is 2. The van der Waals surface area contributed by atoms with Gasteiger partial charge in [-0.05, 0) is 59.8 Å². The molecule has 1 saturated carbocycles. The zero-order chi connectivity index (χ0) is 23.9. The summed E-state index contributed by atoms with van der Waals surface area (Å²) in [6.45, 7) is 10.2. The van der Waals surface area contributed by atoms with Gasteiger partial charge < -0.3 is 15.0 Å². The molecule has 6 nitrogen and oxygen atoms in total. The molecule has 179 valence electrons. The number of likely N-dealkylation sites (tertiary alicyclic amines) is 1. The van der Waals surface area contributed by atoms with Gasteiger partial charge in [-0.25, -0.2) is 4.98 Å². The average Bonchev–Trinajstić information content (AvgIpc) is 3.30. The molecule has 1 aromatic heterocycles. The molecular weight excluding hydrogens is 426 g/mol. The zero-order valence-electron chi connectivity index (χ0n) is 20.3. The van der Waals surface area contributed by atoms with E-state index in [-0.39, 0.29) is 17.2 Å². The Bertz CT molecular complexity index is 1040. The second kappa shape index (κ2) is 9.14. The van der Waals surface area contributed by atoms with Gasteiger partial charge in [-0.2, -0.15) is 0 Å². The van der Waals surface area contributed by atoms with Crippen molar-refractivity contribution in [3.8, 4) is 0 Å². The number of carbonyl (C=O) groups excluding carboxylic acids is 2. The second-order valence-electron chi connectivity index (χ2n) is 11.0. The summed E-state index contributed by atoms with van der Waals surface area (Å²) in [5, 5.41) is 3.05. The Morgan fingerprint density at radius 3 is 2.41 bits per heavy atom. The smallest absolute Gasteiger partial charge is 0.270 e. The Morgan fingerprint density at radius 1 is 1.09 bits per heavy atom. The number of fused-ring (bicyclic) bond motifs is 1. The number of rotatable bonds is 5. The predicted molar refractivity (Wildman–Crippen MR) is 130 cm³/mol. The molecule has 1 radical (unpaired) electrons. The third-order valence-electron chi connectivity index (χ3n) is 7.72. The van der Waals surface area contributed by atoms with Gasteiger partial charge in [0.05, 0.1) is 0 Å². The van der Waals surface area contributed by atoms with Crippen LogP contribution in [0.25, 0.3) is 0 Å². The molecule has 2 saturated heterocycles. The normalized spacial score (nSPS) is 24.6. The summed E-state index contributed by atoms with van der Waals surface area (Å²) in [6.07, 6.45) is 1.89. The highest BCUT2D eigenvalue weighted by molar-refractivity contribution is 5.94. The Balaban J connectivity index is 1.11. The van der Waals surface area contributed by atoms with E-state index in [1.54, 1.807) is 6.07 Å². The van der Waals surface area contributed by atoms with Crippen molar-refractivity contribution in [2.75, 3.05) is 32.8 Å². The number of nitrogens with one attached hydrogen (secondary N) is 1. The molecule has 0 bridgehead atoms. The lowest BCUT2D eigenvalue weighted by Crippen LogP contribution is -2.34. The molecule has 2 atom stereocenters. The maximum absolute atomic E-state index is 12.9. The van der Waals surface area contributed by atoms with Crippen LogP contribution in [0.3, 0.4) is 0 Å². The number of benzene rings is 1. The summed E-state index contributed by atoms with van der Waals surface area (Å²) < 4.78 is 5.43. The monoisotopic (exact) mass is 460 g/mol. The third kappa shape index (κ3) is 4.74. The lowest BCUT2D eigenvalue weighted by atomic mass is 9.86. The molecule has 2 aromatic rings. The van der Waals surface area contributed by atoms with Gasteiger partial charge in [-0.3, -0.25) is 9.59 Å². The molecule has 1 aliphatic carbocycles. The maximum Gasteiger partial charge on any atom is 0.270 e. The number of pyridine rings is 1. The molecular formula is C28H34N3O3. The molecule has 3 aliphatic rings. The van der Waals surface area contributed by atoms with Gasteiger partial charge in [-0.15, -0.1) is 0 Å². The van der Waals surface area contributed by atoms with E-state index in [0.29, 0.717) is 35.9 Å². The van der Waals surface area contributed by atoms with Gasteiger partial charge in [-0.1, -0.05) is 39.0 Å². The Hall–Kier alpha value is -2.73. The van der Waals surface area contributed by atoms with Crippen LogP contribution in [0.5, 0.6) is 0 Å². The molecule has 1 N–H and O–H groups in total. The van der Waals surface area contributed by atoms with E-state index < -0.39 is 0 Å². The van der Waals surface area contributed by atoms with Gasteiger partial charge in [0.2, 0.25) is 0 Å². The lowest BCUT2D eigenvalue weighted by molar-refractivity contribution is 0.0764. The van der Waals surface area contributed by atoms with E-state index in [2.05, 4.69) is 49.3 Å². The zero-order valence-corrected chi connectivity index (χ0v) is 20.3. The van der Waals surface area contributed by atoms with Crippen molar-refractivity contribution in [2.24, 2.45) is 17.8 Å². The summed E-state index contributed by atoms with van der Waals surface area (Å²) in [4.78, 5) is 32.2. The van der Waals surface area contributed by atoms with Crippen molar-refractivity contribution in [1.29, 1.82) is 0 Å². The Morgan fingerprint density at radius 2 is 1.76 bits per heavy atom. The molecule has 1 aromatic carbocycles. The molecule has 2 unspecified atom stereocenters. The molecule has 5 rings (SSSR count). The molecule has 2 amide bonds. The molecule has 34 heavy (non-hydrogen) atoms. The average molecular weight is 461 g/mol. The van der Waals surface area contributed by atoms with Crippen LogP contribution in [-0.4, -0.2) is 54.5 Å². The minimum Gasteiger partial charge on any atom is -0.381 e. The van der Waals surface area contributed by atoms with E-state index in [1.165, 1.54) is 5.56 Å². The van der Waals surface area contributed by atoms with Crippen molar-refractivity contribution in [2.45, 2.75) is 44.9 Å². The van der Waals surface area contributed by atoms with E-state index in [9.17, 15) is 9.59 Å². The fourth-order valence-electron chi connectivity index (χ4n) is 5.45. The molecule has 6 heteroatoms. The summed E-state index contributed by atoms with van der Waals surface area (Å²) in [5.74, 6) is 1.69.